The van der Waals surface area contributed by atoms with E-state index in [0.29, 0.717) is 13.1 Å². The zero-order valence-corrected chi connectivity index (χ0v) is 10.9. The number of ether oxygens (including phenoxy) is 1. The molecule has 1 aliphatic heterocycles. The first-order valence-corrected chi connectivity index (χ1v) is 6.06. The van der Waals surface area contributed by atoms with Gasteiger partial charge in [-0.25, -0.2) is 0 Å². The third kappa shape index (κ3) is 3.28. The normalized spacial score (nSPS) is 23.4. The molecule has 0 aromatic carbocycles. The Bertz CT molecular complexity index is 477. The first-order valence-electron chi connectivity index (χ1n) is 6.06. The van der Waals surface area contributed by atoms with Crippen molar-refractivity contribution >= 4 is 11.6 Å². The molecule has 8 heteroatoms. The Kier molecular flexibility index (Phi) is 3.79. The number of hydrogen-bond donors (Lipinski definition) is 0. The van der Waals surface area contributed by atoms with Crippen LogP contribution in [0.3, 0.4) is 0 Å². The molecule has 0 aliphatic carbocycles. The van der Waals surface area contributed by atoms with Crippen LogP contribution in [0.1, 0.15) is 13.8 Å². The second kappa shape index (κ2) is 5.35. The Labute approximate surface area is 110 Å². The van der Waals surface area contributed by atoms with E-state index < -0.39 is 4.92 Å². The highest BCUT2D eigenvalue weighted by Crippen LogP contribution is 2.12. The minimum Gasteiger partial charge on any atom is -0.372 e. The summed E-state index contributed by atoms with van der Waals surface area (Å²) in [5.74, 6) is -0.111. The van der Waals surface area contributed by atoms with Crippen LogP contribution >= 0.6 is 0 Å². The van der Waals surface area contributed by atoms with Crippen molar-refractivity contribution in [3.63, 3.8) is 0 Å². The standard InChI is InChI=1S/C11H16N4O4/c1-8-4-13(5-9(2)19-8)11(16)7-14-6-10(3-12-14)15(17)18/h3,6,8-9H,4-5,7H2,1-2H3. The lowest BCUT2D eigenvalue weighted by molar-refractivity contribution is -0.385. The third-order valence-corrected chi connectivity index (χ3v) is 2.90. The van der Waals surface area contributed by atoms with E-state index in [0.717, 1.165) is 6.20 Å². The monoisotopic (exact) mass is 268 g/mol. The van der Waals surface area contributed by atoms with Crippen molar-refractivity contribution in [1.29, 1.82) is 0 Å². The number of amides is 1. The number of hydrogen-bond acceptors (Lipinski definition) is 5. The smallest absolute Gasteiger partial charge is 0.307 e. The maximum Gasteiger partial charge on any atom is 0.307 e. The van der Waals surface area contributed by atoms with Gasteiger partial charge in [-0.3, -0.25) is 19.6 Å². The first-order chi connectivity index (χ1) is 8.95. The molecule has 1 saturated heterocycles. The fraction of sp³-hybridized carbons (Fsp3) is 0.636. The molecule has 8 nitrogen and oxygen atoms in total. The number of aromatic nitrogens is 2. The predicted octanol–water partition coefficient (Wildman–Crippen LogP) is 0.427. The van der Waals surface area contributed by atoms with Gasteiger partial charge in [0.1, 0.15) is 18.9 Å². The lowest BCUT2D eigenvalue weighted by Gasteiger charge is -2.35. The minimum absolute atomic E-state index is 0.000317. The second-order valence-corrected chi connectivity index (χ2v) is 4.71. The van der Waals surface area contributed by atoms with Crippen LogP contribution in [0.5, 0.6) is 0 Å². The van der Waals surface area contributed by atoms with Crippen molar-refractivity contribution in [2.75, 3.05) is 13.1 Å². The van der Waals surface area contributed by atoms with Crippen molar-refractivity contribution in [3.05, 3.63) is 22.5 Å². The molecule has 0 radical (unpaired) electrons. The average Bonchev–Trinajstić information content (AvgIpc) is 2.76. The molecule has 0 saturated carbocycles. The summed E-state index contributed by atoms with van der Waals surface area (Å²) in [5.41, 5.74) is -0.114. The number of morpholine rings is 1. The van der Waals surface area contributed by atoms with Gasteiger partial charge in [-0.2, -0.15) is 5.10 Å². The summed E-state index contributed by atoms with van der Waals surface area (Å²) in [6.45, 7) is 4.90. The van der Waals surface area contributed by atoms with E-state index >= 15 is 0 Å². The summed E-state index contributed by atoms with van der Waals surface area (Å²) in [5, 5.41) is 14.3. The van der Waals surface area contributed by atoms with Gasteiger partial charge in [0.2, 0.25) is 5.91 Å². The minimum atomic E-state index is -0.535. The molecule has 104 valence electrons. The molecule has 1 amide bonds. The zero-order valence-electron chi connectivity index (χ0n) is 10.9. The van der Waals surface area contributed by atoms with Crippen LogP contribution in [0.2, 0.25) is 0 Å². The molecular formula is C11H16N4O4. The maximum atomic E-state index is 12.1. The predicted molar refractivity (Wildman–Crippen MR) is 65.5 cm³/mol. The summed E-state index contributed by atoms with van der Waals surface area (Å²) >= 11 is 0. The Morgan fingerprint density at radius 1 is 1.53 bits per heavy atom. The number of rotatable bonds is 3. The van der Waals surface area contributed by atoms with Gasteiger partial charge in [0.05, 0.1) is 17.1 Å². The van der Waals surface area contributed by atoms with Crippen LogP contribution in [-0.2, 0) is 16.1 Å². The Morgan fingerprint density at radius 2 is 2.16 bits per heavy atom. The zero-order chi connectivity index (χ0) is 14.0. The van der Waals surface area contributed by atoms with E-state index in [1.165, 1.54) is 10.9 Å². The molecule has 1 aliphatic rings. The summed E-state index contributed by atoms with van der Waals surface area (Å²) in [4.78, 5) is 23.8. The lowest BCUT2D eigenvalue weighted by Crippen LogP contribution is -2.49. The fourth-order valence-corrected chi connectivity index (χ4v) is 2.15. The van der Waals surface area contributed by atoms with Crippen molar-refractivity contribution in [2.24, 2.45) is 0 Å². The molecule has 0 bridgehead atoms. The fourth-order valence-electron chi connectivity index (χ4n) is 2.15. The molecule has 1 aromatic rings. The van der Waals surface area contributed by atoms with Crippen LogP contribution < -0.4 is 0 Å². The molecule has 2 unspecified atom stereocenters. The van der Waals surface area contributed by atoms with Gasteiger partial charge in [0, 0.05) is 13.1 Å². The van der Waals surface area contributed by atoms with Gasteiger partial charge in [-0.05, 0) is 13.8 Å². The van der Waals surface area contributed by atoms with E-state index in [1.54, 1.807) is 4.90 Å². The summed E-state index contributed by atoms with van der Waals surface area (Å²) in [6.07, 6.45) is 2.39. The molecule has 19 heavy (non-hydrogen) atoms. The number of nitrogens with zero attached hydrogens (tertiary/aromatic N) is 4. The van der Waals surface area contributed by atoms with E-state index in [9.17, 15) is 14.9 Å². The number of carbonyl (C=O) groups excluding carboxylic acids is 1. The topological polar surface area (TPSA) is 90.5 Å². The van der Waals surface area contributed by atoms with E-state index in [2.05, 4.69) is 5.10 Å². The summed E-state index contributed by atoms with van der Waals surface area (Å²) in [6, 6.07) is 0. The lowest BCUT2D eigenvalue weighted by atomic mass is 10.2. The third-order valence-electron chi connectivity index (χ3n) is 2.90. The van der Waals surface area contributed by atoms with E-state index in [-0.39, 0.29) is 30.3 Å². The molecule has 1 aromatic heterocycles. The molecule has 0 N–H and O–H groups in total. The maximum absolute atomic E-state index is 12.1. The highest BCUT2D eigenvalue weighted by molar-refractivity contribution is 5.76. The molecular weight excluding hydrogens is 252 g/mol. The molecule has 0 spiro atoms. The highest BCUT2D eigenvalue weighted by Gasteiger charge is 2.26. The van der Waals surface area contributed by atoms with E-state index in [4.69, 9.17) is 4.74 Å². The quantitative estimate of drug-likeness (QED) is 0.585. The van der Waals surface area contributed by atoms with Gasteiger partial charge in [0.15, 0.2) is 0 Å². The van der Waals surface area contributed by atoms with Crippen LogP contribution in [0.25, 0.3) is 0 Å². The van der Waals surface area contributed by atoms with Crippen LogP contribution in [0, 0.1) is 10.1 Å². The van der Waals surface area contributed by atoms with Gasteiger partial charge in [-0.1, -0.05) is 0 Å². The SMILES string of the molecule is CC1CN(C(=O)Cn2cc([N+](=O)[O-])cn2)CC(C)O1. The first kappa shape index (κ1) is 13.5. The highest BCUT2D eigenvalue weighted by atomic mass is 16.6. The van der Waals surface area contributed by atoms with Crippen LogP contribution in [0.15, 0.2) is 12.4 Å². The van der Waals surface area contributed by atoms with Crippen molar-refractivity contribution < 1.29 is 14.5 Å². The van der Waals surface area contributed by atoms with Crippen molar-refractivity contribution in [2.45, 2.75) is 32.6 Å². The van der Waals surface area contributed by atoms with Gasteiger partial charge in [-0.15, -0.1) is 0 Å². The largest absolute Gasteiger partial charge is 0.372 e. The Morgan fingerprint density at radius 3 is 2.68 bits per heavy atom. The van der Waals surface area contributed by atoms with Crippen molar-refractivity contribution in [1.82, 2.24) is 14.7 Å². The van der Waals surface area contributed by atoms with E-state index in [1.807, 2.05) is 13.8 Å². The second-order valence-electron chi connectivity index (χ2n) is 4.71. The summed E-state index contributed by atoms with van der Waals surface area (Å²) in [7, 11) is 0. The molecule has 2 heterocycles. The van der Waals surface area contributed by atoms with Gasteiger partial charge >= 0.3 is 5.69 Å². The summed E-state index contributed by atoms with van der Waals surface area (Å²) < 4.78 is 6.83. The van der Waals surface area contributed by atoms with Gasteiger partial charge in [0.25, 0.3) is 0 Å². The molecule has 1 fully saturated rings. The number of nitro groups is 1. The molecule has 2 rings (SSSR count). The van der Waals surface area contributed by atoms with Gasteiger partial charge < -0.3 is 9.64 Å². The Balaban J connectivity index is 1.98. The Hall–Kier alpha value is -1.96. The molecule has 2 atom stereocenters. The van der Waals surface area contributed by atoms with Crippen molar-refractivity contribution in [3.8, 4) is 0 Å². The average molecular weight is 268 g/mol. The van der Waals surface area contributed by atoms with Crippen LogP contribution in [0.4, 0.5) is 5.69 Å². The van der Waals surface area contributed by atoms with Crippen LogP contribution in [-0.4, -0.2) is 50.8 Å². The number of carbonyl (C=O) groups is 1.